The van der Waals surface area contributed by atoms with Crippen molar-refractivity contribution in [2.75, 3.05) is 13.2 Å². The number of hydrogen-bond acceptors (Lipinski definition) is 6. The normalized spacial score (nSPS) is 12.8. The van der Waals surface area contributed by atoms with Gasteiger partial charge in [-0.05, 0) is 57.8 Å². The van der Waals surface area contributed by atoms with Crippen LogP contribution in [0.5, 0.6) is 0 Å². The Morgan fingerprint density at radius 3 is 1.19 bits per heavy atom. The number of carbonyl (C=O) groups is 2. The van der Waals surface area contributed by atoms with E-state index in [1.807, 2.05) is 0 Å². The standard InChI is InChI=1S/C49H89O8P/c1-3-5-7-9-11-13-15-17-19-21-23-24-26-27-29-31-33-35-37-39-41-43-48(50)55-45-47(46-56-58(52,53)54)57-49(51)44-42-40-38-36-34-32-30-28-25-22-20-18-16-14-12-10-8-6-4-2/h12,14,18,20,25,28,32,34,47H,3-11,13,15-17,19,21-24,26-27,29-31,33,35-46H2,1-2H3,(H2,52,53,54)/b14-12-,20-18-,28-25-,34-32-/t47-/m1/s1. The monoisotopic (exact) mass is 837 g/mol. The minimum absolute atomic E-state index is 0.175. The third-order valence-corrected chi connectivity index (χ3v) is 10.8. The molecule has 0 spiro atoms. The van der Waals surface area contributed by atoms with Crippen molar-refractivity contribution in [3.05, 3.63) is 48.6 Å². The lowest BCUT2D eigenvalue weighted by molar-refractivity contribution is -0.161. The third kappa shape index (κ3) is 46.7. The van der Waals surface area contributed by atoms with Crippen molar-refractivity contribution in [2.24, 2.45) is 0 Å². The molecular formula is C49H89O8P. The van der Waals surface area contributed by atoms with Gasteiger partial charge in [0.2, 0.25) is 0 Å². The summed E-state index contributed by atoms with van der Waals surface area (Å²) in [6, 6.07) is 0. The molecular weight excluding hydrogens is 748 g/mol. The highest BCUT2D eigenvalue weighted by atomic mass is 31.2. The summed E-state index contributed by atoms with van der Waals surface area (Å²) in [5.74, 6) is -0.913. The smallest absolute Gasteiger partial charge is 0.462 e. The molecule has 8 nitrogen and oxygen atoms in total. The fourth-order valence-corrected chi connectivity index (χ4v) is 7.13. The maximum absolute atomic E-state index is 12.4. The van der Waals surface area contributed by atoms with Gasteiger partial charge in [0, 0.05) is 12.8 Å². The molecule has 1 atom stereocenters. The minimum atomic E-state index is -4.77. The van der Waals surface area contributed by atoms with Gasteiger partial charge in [-0.25, -0.2) is 4.57 Å². The molecule has 0 saturated heterocycles. The minimum Gasteiger partial charge on any atom is -0.462 e. The van der Waals surface area contributed by atoms with E-state index < -0.39 is 32.5 Å². The summed E-state index contributed by atoms with van der Waals surface area (Å²) in [6.07, 6.45) is 55.5. The van der Waals surface area contributed by atoms with Gasteiger partial charge < -0.3 is 19.3 Å². The Bertz CT molecular complexity index is 1080. The van der Waals surface area contributed by atoms with Gasteiger partial charge in [-0.15, -0.1) is 0 Å². The quantitative estimate of drug-likeness (QED) is 0.0269. The maximum Gasteiger partial charge on any atom is 0.469 e. The van der Waals surface area contributed by atoms with Crippen molar-refractivity contribution >= 4 is 19.8 Å². The SMILES string of the molecule is CCCCC/C=C\C/C=C\C/C=C\C/C=C\CCCCCC(=O)O[C@H](COC(=O)CCCCCCCCCCCCCCCCCCCCCCC)COP(=O)(O)O. The Balaban J connectivity index is 3.89. The highest BCUT2D eigenvalue weighted by Gasteiger charge is 2.22. The number of hydrogen-bond donors (Lipinski definition) is 2. The number of phosphoric ester groups is 1. The molecule has 0 rings (SSSR count). The maximum atomic E-state index is 12.4. The largest absolute Gasteiger partial charge is 0.469 e. The average Bonchev–Trinajstić information content (AvgIpc) is 3.20. The number of esters is 2. The summed E-state index contributed by atoms with van der Waals surface area (Å²) >= 11 is 0. The molecule has 0 saturated carbocycles. The second-order valence-corrected chi connectivity index (χ2v) is 17.3. The first-order valence-corrected chi connectivity index (χ1v) is 25.5. The summed E-state index contributed by atoms with van der Waals surface area (Å²) in [5.41, 5.74) is 0. The third-order valence-electron chi connectivity index (χ3n) is 10.4. The lowest BCUT2D eigenvalue weighted by Gasteiger charge is -2.18. The fraction of sp³-hybridized carbons (Fsp3) is 0.796. The van der Waals surface area contributed by atoms with E-state index in [0.717, 1.165) is 57.8 Å². The molecule has 58 heavy (non-hydrogen) atoms. The van der Waals surface area contributed by atoms with Crippen LogP contribution in [0.1, 0.15) is 232 Å². The van der Waals surface area contributed by atoms with Crippen molar-refractivity contribution < 1.29 is 37.9 Å². The van der Waals surface area contributed by atoms with E-state index in [2.05, 4.69) is 67.0 Å². The van der Waals surface area contributed by atoms with E-state index in [1.54, 1.807) is 0 Å². The van der Waals surface area contributed by atoms with Crippen molar-refractivity contribution in [3.63, 3.8) is 0 Å². The van der Waals surface area contributed by atoms with Crippen LogP contribution in [0, 0.1) is 0 Å². The predicted octanol–water partition coefficient (Wildman–Crippen LogP) is 15.1. The summed E-state index contributed by atoms with van der Waals surface area (Å²) in [6.45, 7) is 3.66. The Morgan fingerprint density at radius 1 is 0.448 bits per heavy atom. The van der Waals surface area contributed by atoms with Crippen LogP contribution in [0.4, 0.5) is 0 Å². The molecule has 0 radical (unpaired) electrons. The van der Waals surface area contributed by atoms with Crippen LogP contribution in [0.15, 0.2) is 48.6 Å². The number of unbranched alkanes of at least 4 members (excludes halogenated alkanes) is 26. The Labute approximate surface area is 356 Å². The van der Waals surface area contributed by atoms with E-state index in [4.69, 9.17) is 19.3 Å². The lowest BCUT2D eigenvalue weighted by Crippen LogP contribution is -2.29. The van der Waals surface area contributed by atoms with Crippen molar-refractivity contribution in [1.29, 1.82) is 0 Å². The van der Waals surface area contributed by atoms with Crippen LogP contribution in [0.3, 0.4) is 0 Å². The van der Waals surface area contributed by atoms with E-state index in [9.17, 15) is 14.2 Å². The molecule has 0 heterocycles. The first-order valence-electron chi connectivity index (χ1n) is 23.9. The second kappa shape index (κ2) is 44.6. The van der Waals surface area contributed by atoms with Crippen LogP contribution in [-0.4, -0.2) is 41.0 Å². The first kappa shape index (κ1) is 56.0. The zero-order chi connectivity index (χ0) is 42.5. The van der Waals surface area contributed by atoms with E-state index in [0.29, 0.717) is 6.42 Å². The first-order chi connectivity index (χ1) is 28.3. The highest BCUT2D eigenvalue weighted by molar-refractivity contribution is 7.46. The molecule has 0 amide bonds. The van der Waals surface area contributed by atoms with Gasteiger partial charge in [0.25, 0.3) is 0 Å². The van der Waals surface area contributed by atoms with Crippen LogP contribution in [0.2, 0.25) is 0 Å². The van der Waals surface area contributed by atoms with Crippen molar-refractivity contribution in [3.8, 4) is 0 Å². The molecule has 0 aliphatic rings. The number of phosphoric acid groups is 1. The van der Waals surface area contributed by atoms with Gasteiger partial charge in [-0.2, -0.15) is 0 Å². The summed E-state index contributed by atoms with van der Waals surface area (Å²) in [4.78, 5) is 43.0. The van der Waals surface area contributed by atoms with Crippen LogP contribution >= 0.6 is 7.82 Å². The Morgan fingerprint density at radius 2 is 0.776 bits per heavy atom. The molecule has 0 bridgehead atoms. The average molecular weight is 837 g/mol. The van der Waals surface area contributed by atoms with Gasteiger partial charge in [0.05, 0.1) is 6.61 Å². The van der Waals surface area contributed by atoms with Gasteiger partial charge >= 0.3 is 19.8 Å². The molecule has 0 aromatic heterocycles. The summed E-state index contributed by atoms with van der Waals surface area (Å²) in [7, 11) is -4.77. The highest BCUT2D eigenvalue weighted by Crippen LogP contribution is 2.36. The Hall–Kier alpha value is -1.99. The van der Waals surface area contributed by atoms with Gasteiger partial charge in [-0.3, -0.25) is 14.1 Å². The molecule has 0 unspecified atom stereocenters. The van der Waals surface area contributed by atoms with E-state index in [1.165, 1.54) is 141 Å². The molecule has 338 valence electrons. The van der Waals surface area contributed by atoms with Gasteiger partial charge in [-0.1, -0.05) is 210 Å². The van der Waals surface area contributed by atoms with Crippen LogP contribution in [0.25, 0.3) is 0 Å². The van der Waals surface area contributed by atoms with Crippen molar-refractivity contribution in [2.45, 2.75) is 238 Å². The molecule has 0 aliphatic heterocycles. The molecule has 0 aliphatic carbocycles. The molecule has 9 heteroatoms. The van der Waals surface area contributed by atoms with E-state index >= 15 is 0 Å². The summed E-state index contributed by atoms with van der Waals surface area (Å²) < 4.78 is 26.5. The van der Waals surface area contributed by atoms with Crippen LogP contribution in [-0.2, 0) is 28.2 Å². The zero-order valence-electron chi connectivity index (χ0n) is 37.4. The lowest BCUT2D eigenvalue weighted by atomic mass is 10.0. The number of carbonyl (C=O) groups excluding carboxylic acids is 2. The van der Waals surface area contributed by atoms with E-state index in [-0.39, 0.29) is 19.4 Å². The number of rotatable bonds is 44. The second-order valence-electron chi connectivity index (χ2n) is 16.1. The van der Waals surface area contributed by atoms with Crippen LogP contribution < -0.4 is 0 Å². The molecule has 0 aromatic rings. The number of ether oxygens (including phenoxy) is 2. The number of allylic oxidation sites excluding steroid dienone is 8. The summed E-state index contributed by atoms with van der Waals surface area (Å²) in [5, 5.41) is 0. The van der Waals surface area contributed by atoms with Crippen molar-refractivity contribution in [1.82, 2.24) is 0 Å². The molecule has 0 fully saturated rings. The van der Waals surface area contributed by atoms with Gasteiger partial charge in [0.15, 0.2) is 6.10 Å². The molecule has 2 N–H and O–H groups in total. The fourth-order valence-electron chi connectivity index (χ4n) is 6.77. The predicted molar refractivity (Wildman–Crippen MR) is 244 cm³/mol. The topological polar surface area (TPSA) is 119 Å². The Kier molecular flexibility index (Phi) is 43.0. The van der Waals surface area contributed by atoms with Gasteiger partial charge in [0.1, 0.15) is 6.61 Å². The molecule has 0 aromatic carbocycles. The zero-order valence-corrected chi connectivity index (χ0v) is 38.3.